The number of hydrogen-bond donors (Lipinski definition) is 1. The third-order valence-electron chi connectivity index (χ3n) is 2.03. The van der Waals surface area contributed by atoms with Crippen molar-refractivity contribution in [3.8, 4) is 0 Å². The second kappa shape index (κ2) is 7.39. The molecule has 0 aliphatic rings. The summed E-state index contributed by atoms with van der Waals surface area (Å²) in [5, 5.41) is 3.54. The molecular formula is C12H15ClFNO. The predicted molar refractivity (Wildman–Crippen MR) is 65.2 cm³/mol. The Bertz CT molecular complexity index is 335. The van der Waals surface area contributed by atoms with Crippen LogP contribution in [0.15, 0.2) is 24.3 Å². The lowest BCUT2D eigenvalue weighted by Crippen LogP contribution is -2.18. The fourth-order valence-electron chi connectivity index (χ4n) is 1.21. The molecule has 4 heteroatoms. The third kappa shape index (κ3) is 4.31. The molecule has 0 heterocycles. The molecule has 0 saturated carbocycles. The molecule has 0 aliphatic carbocycles. The van der Waals surface area contributed by atoms with E-state index in [1.54, 1.807) is 25.3 Å². The molecule has 0 bridgehead atoms. The molecular weight excluding hydrogens is 229 g/mol. The van der Waals surface area contributed by atoms with Gasteiger partial charge >= 0.3 is 0 Å². The van der Waals surface area contributed by atoms with Gasteiger partial charge in [0.25, 0.3) is 0 Å². The van der Waals surface area contributed by atoms with Crippen LogP contribution in [-0.4, -0.2) is 26.8 Å². The first kappa shape index (κ1) is 13.2. The average molecular weight is 244 g/mol. The van der Waals surface area contributed by atoms with Crippen molar-refractivity contribution in [1.29, 1.82) is 0 Å². The number of methoxy groups -OCH3 is 1. The topological polar surface area (TPSA) is 21.3 Å². The highest BCUT2D eigenvalue weighted by molar-refractivity contribution is 6.32. The van der Waals surface area contributed by atoms with Gasteiger partial charge < -0.3 is 10.1 Å². The van der Waals surface area contributed by atoms with E-state index in [0.29, 0.717) is 23.7 Å². The Morgan fingerprint density at radius 1 is 1.50 bits per heavy atom. The molecule has 0 atom stereocenters. The highest BCUT2D eigenvalue weighted by Gasteiger charge is 2.01. The van der Waals surface area contributed by atoms with Crippen molar-refractivity contribution >= 4 is 17.7 Å². The van der Waals surface area contributed by atoms with Crippen molar-refractivity contribution in [2.75, 3.05) is 26.8 Å². The number of benzene rings is 1. The third-order valence-corrected chi connectivity index (χ3v) is 2.36. The van der Waals surface area contributed by atoms with Gasteiger partial charge in [-0.3, -0.25) is 0 Å². The Hall–Kier alpha value is -0.900. The van der Waals surface area contributed by atoms with Crippen LogP contribution >= 0.6 is 11.6 Å². The highest BCUT2D eigenvalue weighted by Crippen LogP contribution is 2.19. The summed E-state index contributed by atoms with van der Waals surface area (Å²) in [5.41, 5.74) is 0.428. The standard InChI is InChI=1S/C12H15ClFNO/c1-16-9-8-15-7-3-4-10-11(13)5-2-6-12(10)14/h2-6,15H,7-9H2,1H3. The second-order valence-electron chi connectivity index (χ2n) is 3.23. The maximum atomic E-state index is 13.3. The van der Waals surface area contributed by atoms with Gasteiger partial charge in [0.1, 0.15) is 5.82 Å². The fourth-order valence-corrected chi connectivity index (χ4v) is 1.43. The van der Waals surface area contributed by atoms with Crippen LogP contribution < -0.4 is 5.32 Å². The van der Waals surface area contributed by atoms with Gasteiger partial charge in [0.15, 0.2) is 0 Å². The molecule has 0 spiro atoms. The predicted octanol–water partition coefficient (Wildman–Crippen LogP) is 2.73. The van der Waals surface area contributed by atoms with E-state index in [2.05, 4.69) is 5.32 Å². The van der Waals surface area contributed by atoms with Crippen molar-refractivity contribution in [3.63, 3.8) is 0 Å². The van der Waals surface area contributed by atoms with E-state index in [-0.39, 0.29) is 5.82 Å². The summed E-state index contributed by atoms with van der Waals surface area (Å²) in [5.74, 6) is -0.305. The number of hydrogen-bond acceptors (Lipinski definition) is 2. The van der Waals surface area contributed by atoms with Gasteiger partial charge in [-0.25, -0.2) is 4.39 Å². The van der Waals surface area contributed by atoms with Crippen LogP contribution in [-0.2, 0) is 4.74 Å². The summed E-state index contributed by atoms with van der Waals surface area (Å²) >= 11 is 5.86. The summed E-state index contributed by atoms with van der Waals surface area (Å²) in [7, 11) is 1.65. The van der Waals surface area contributed by atoms with Gasteiger partial charge in [0.2, 0.25) is 0 Å². The summed E-state index contributed by atoms with van der Waals surface area (Å²) < 4.78 is 18.2. The molecule has 16 heavy (non-hydrogen) atoms. The molecule has 0 fully saturated rings. The van der Waals surface area contributed by atoms with Gasteiger partial charge in [-0.15, -0.1) is 0 Å². The Morgan fingerprint density at radius 2 is 2.31 bits per heavy atom. The molecule has 88 valence electrons. The molecule has 1 aromatic rings. The highest BCUT2D eigenvalue weighted by atomic mass is 35.5. The van der Waals surface area contributed by atoms with Gasteiger partial charge in [-0.05, 0) is 12.1 Å². The van der Waals surface area contributed by atoms with Crippen LogP contribution in [0.4, 0.5) is 4.39 Å². The Kier molecular flexibility index (Phi) is 6.08. The summed E-state index contributed by atoms with van der Waals surface area (Å²) in [6.07, 6.45) is 3.51. The minimum Gasteiger partial charge on any atom is -0.383 e. The molecule has 0 radical (unpaired) electrons. The largest absolute Gasteiger partial charge is 0.383 e. The van der Waals surface area contributed by atoms with Crippen LogP contribution in [0.3, 0.4) is 0 Å². The number of nitrogens with one attached hydrogen (secondary N) is 1. The zero-order valence-corrected chi connectivity index (χ0v) is 9.93. The maximum absolute atomic E-state index is 13.3. The van der Waals surface area contributed by atoms with Crippen LogP contribution in [0.2, 0.25) is 5.02 Å². The quantitative estimate of drug-likeness (QED) is 0.776. The summed E-state index contributed by atoms with van der Waals surface area (Å²) in [6.45, 7) is 2.09. The zero-order chi connectivity index (χ0) is 11.8. The lowest BCUT2D eigenvalue weighted by atomic mass is 10.2. The molecule has 1 aromatic carbocycles. The molecule has 1 rings (SSSR count). The van der Waals surface area contributed by atoms with E-state index in [0.717, 1.165) is 6.54 Å². The van der Waals surface area contributed by atoms with E-state index >= 15 is 0 Å². The number of ether oxygens (including phenoxy) is 1. The smallest absolute Gasteiger partial charge is 0.131 e. The van der Waals surface area contributed by atoms with Crippen LogP contribution in [0.5, 0.6) is 0 Å². The lowest BCUT2D eigenvalue weighted by molar-refractivity contribution is 0.200. The minimum atomic E-state index is -0.305. The Morgan fingerprint density at radius 3 is 3.00 bits per heavy atom. The number of halogens is 2. The normalized spacial score (nSPS) is 11.2. The van der Waals surface area contributed by atoms with Crippen LogP contribution in [0, 0.1) is 5.82 Å². The zero-order valence-electron chi connectivity index (χ0n) is 9.17. The SMILES string of the molecule is COCCNCC=Cc1c(F)cccc1Cl. The molecule has 0 aromatic heterocycles. The van der Waals surface area contributed by atoms with Crippen molar-refractivity contribution in [2.45, 2.75) is 0 Å². The molecule has 0 saturated heterocycles. The van der Waals surface area contributed by atoms with E-state index in [1.807, 2.05) is 6.08 Å². The van der Waals surface area contributed by atoms with E-state index in [9.17, 15) is 4.39 Å². The van der Waals surface area contributed by atoms with E-state index in [4.69, 9.17) is 16.3 Å². The average Bonchev–Trinajstić information content (AvgIpc) is 2.26. The molecule has 0 aliphatic heterocycles. The Labute approximate surface area is 100 Å². The lowest BCUT2D eigenvalue weighted by Gasteiger charge is -2.01. The molecule has 0 unspecified atom stereocenters. The van der Waals surface area contributed by atoms with Gasteiger partial charge in [0, 0.05) is 25.8 Å². The maximum Gasteiger partial charge on any atom is 0.131 e. The van der Waals surface area contributed by atoms with Crippen molar-refractivity contribution < 1.29 is 9.13 Å². The fraction of sp³-hybridized carbons (Fsp3) is 0.333. The van der Waals surface area contributed by atoms with Gasteiger partial charge in [-0.2, -0.15) is 0 Å². The van der Waals surface area contributed by atoms with E-state index < -0.39 is 0 Å². The summed E-state index contributed by atoms with van der Waals surface area (Å²) in [6, 6.07) is 4.65. The van der Waals surface area contributed by atoms with Crippen molar-refractivity contribution in [3.05, 3.63) is 40.7 Å². The van der Waals surface area contributed by atoms with Crippen molar-refractivity contribution in [1.82, 2.24) is 5.32 Å². The molecule has 0 amide bonds. The van der Waals surface area contributed by atoms with Crippen LogP contribution in [0.25, 0.3) is 6.08 Å². The first-order valence-corrected chi connectivity index (χ1v) is 5.43. The van der Waals surface area contributed by atoms with Gasteiger partial charge in [0.05, 0.1) is 11.6 Å². The molecule has 2 nitrogen and oxygen atoms in total. The summed E-state index contributed by atoms with van der Waals surface area (Å²) in [4.78, 5) is 0. The molecule has 1 N–H and O–H groups in total. The monoisotopic (exact) mass is 243 g/mol. The van der Waals surface area contributed by atoms with Crippen molar-refractivity contribution in [2.24, 2.45) is 0 Å². The van der Waals surface area contributed by atoms with E-state index in [1.165, 1.54) is 6.07 Å². The first-order chi connectivity index (χ1) is 7.75. The minimum absolute atomic E-state index is 0.305. The first-order valence-electron chi connectivity index (χ1n) is 5.06. The van der Waals surface area contributed by atoms with Crippen LogP contribution in [0.1, 0.15) is 5.56 Å². The second-order valence-corrected chi connectivity index (χ2v) is 3.64. The Balaban J connectivity index is 2.44. The number of rotatable bonds is 6. The van der Waals surface area contributed by atoms with Gasteiger partial charge in [-0.1, -0.05) is 29.8 Å².